The quantitative estimate of drug-likeness (QED) is 0.867. The summed E-state index contributed by atoms with van der Waals surface area (Å²) in [6.45, 7) is 0. The maximum absolute atomic E-state index is 12.0. The van der Waals surface area contributed by atoms with Crippen molar-refractivity contribution in [2.24, 2.45) is 5.14 Å². The van der Waals surface area contributed by atoms with Crippen LogP contribution in [0.1, 0.15) is 0 Å². The number of primary sulfonamides is 1. The molecular formula is C8H6ClF3N2O3S. The molecule has 0 radical (unpaired) electrons. The lowest BCUT2D eigenvalue weighted by Gasteiger charge is -2.11. The van der Waals surface area contributed by atoms with Gasteiger partial charge in [-0.2, -0.15) is 13.2 Å². The molecule has 1 aromatic rings. The molecule has 3 N–H and O–H groups in total. The van der Waals surface area contributed by atoms with Gasteiger partial charge in [0.2, 0.25) is 10.0 Å². The van der Waals surface area contributed by atoms with Gasteiger partial charge in [0.1, 0.15) is 4.90 Å². The third-order valence-corrected chi connectivity index (χ3v) is 2.96. The first-order chi connectivity index (χ1) is 8.01. The van der Waals surface area contributed by atoms with Gasteiger partial charge in [-0.05, 0) is 18.2 Å². The van der Waals surface area contributed by atoms with Crippen LogP contribution in [0.25, 0.3) is 0 Å². The van der Waals surface area contributed by atoms with Crippen molar-refractivity contribution < 1.29 is 26.4 Å². The highest BCUT2D eigenvalue weighted by Crippen LogP contribution is 2.26. The minimum Gasteiger partial charge on any atom is -0.317 e. The molecule has 0 spiro atoms. The van der Waals surface area contributed by atoms with Gasteiger partial charge in [0, 0.05) is 5.02 Å². The van der Waals surface area contributed by atoms with E-state index in [1.165, 1.54) is 5.32 Å². The van der Waals surface area contributed by atoms with Crippen LogP contribution in [-0.4, -0.2) is 20.5 Å². The first kappa shape index (κ1) is 14.7. The molecule has 0 fully saturated rings. The molecule has 0 unspecified atom stereocenters. The Morgan fingerprint density at radius 3 is 2.33 bits per heavy atom. The van der Waals surface area contributed by atoms with Crippen LogP contribution >= 0.6 is 11.6 Å². The third-order valence-electron chi connectivity index (χ3n) is 1.75. The molecule has 0 saturated heterocycles. The second-order valence-electron chi connectivity index (χ2n) is 3.14. The number of anilines is 1. The predicted octanol–water partition coefficient (Wildman–Crippen LogP) is 1.49. The fraction of sp³-hybridized carbons (Fsp3) is 0.125. The molecular weight excluding hydrogens is 297 g/mol. The summed E-state index contributed by atoms with van der Waals surface area (Å²) >= 11 is 5.50. The summed E-state index contributed by atoms with van der Waals surface area (Å²) in [7, 11) is -4.28. The number of sulfonamides is 1. The Morgan fingerprint density at radius 1 is 1.33 bits per heavy atom. The molecule has 5 nitrogen and oxygen atoms in total. The van der Waals surface area contributed by atoms with E-state index in [-0.39, 0.29) is 5.02 Å². The Morgan fingerprint density at radius 2 is 1.89 bits per heavy atom. The fourth-order valence-corrected chi connectivity index (χ4v) is 1.89. The molecule has 100 valence electrons. The Kier molecular flexibility index (Phi) is 3.89. The standard InChI is InChI=1S/C8H6ClF3N2O3S/c9-4-1-2-6(18(13,16)17)5(3-4)14-7(15)8(10,11)12/h1-3H,(H,14,15)(H2,13,16,17). The Hall–Kier alpha value is -1.32. The number of carbonyl (C=O) groups is 1. The molecule has 1 rings (SSSR count). The molecule has 1 aromatic carbocycles. The lowest BCUT2D eigenvalue weighted by atomic mass is 10.3. The van der Waals surface area contributed by atoms with E-state index in [9.17, 15) is 26.4 Å². The van der Waals surface area contributed by atoms with Gasteiger partial charge >= 0.3 is 12.1 Å². The number of rotatable bonds is 2. The van der Waals surface area contributed by atoms with Crippen molar-refractivity contribution in [3.8, 4) is 0 Å². The van der Waals surface area contributed by atoms with Crippen LogP contribution < -0.4 is 10.5 Å². The highest BCUT2D eigenvalue weighted by molar-refractivity contribution is 7.89. The van der Waals surface area contributed by atoms with Crippen LogP contribution in [0, 0.1) is 0 Å². The number of carbonyl (C=O) groups excluding carboxylic acids is 1. The molecule has 0 aromatic heterocycles. The van der Waals surface area contributed by atoms with E-state index in [0.717, 1.165) is 18.2 Å². The third kappa shape index (κ3) is 3.59. The van der Waals surface area contributed by atoms with E-state index in [2.05, 4.69) is 0 Å². The molecule has 0 saturated carbocycles. The Balaban J connectivity index is 3.24. The first-order valence-corrected chi connectivity index (χ1v) is 6.15. The van der Waals surface area contributed by atoms with Crippen LogP contribution in [-0.2, 0) is 14.8 Å². The van der Waals surface area contributed by atoms with E-state index in [0.29, 0.717) is 0 Å². The SMILES string of the molecule is NS(=O)(=O)c1ccc(Cl)cc1NC(=O)C(F)(F)F. The Labute approximate surface area is 105 Å². The number of hydrogen-bond acceptors (Lipinski definition) is 3. The largest absolute Gasteiger partial charge is 0.471 e. The van der Waals surface area contributed by atoms with E-state index in [1.807, 2.05) is 0 Å². The van der Waals surface area contributed by atoms with Gasteiger partial charge in [-0.3, -0.25) is 4.79 Å². The summed E-state index contributed by atoms with van der Waals surface area (Å²) in [5, 5.41) is 6.12. The molecule has 0 aliphatic rings. The van der Waals surface area contributed by atoms with Gasteiger partial charge < -0.3 is 5.32 Å². The fourth-order valence-electron chi connectivity index (χ4n) is 1.04. The lowest BCUT2D eigenvalue weighted by molar-refractivity contribution is -0.167. The summed E-state index contributed by atoms with van der Waals surface area (Å²) in [4.78, 5) is 10.0. The first-order valence-electron chi connectivity index (χ1n) is 4.22. The summed E-state index contributed by atoms with van der Waals surface area (Å²) < 4.78 is 58.3. The minimum absolute atomic E-state index is 0.0557. The minimum atomic E-state index is -5.15. The van der Waals surface area contributed by atoms with Crippen LogP contribution in [0.3, 0.4) is 0 Å². The second kappa shape index (κ2) is 4.75. The van der Waals surface area contributed by atoms with Gasteiger partial charge in [0.15, 0.2) is 0 Å². The normalized spacial score (nSPS) is 12.3. The van der Waals surface area contributed by atoms with Gasteiger partial charge in [0.05, 0.1) is 5.69 Å². The summed E-state index contributed by atoms with van der Waals surface area (Å²) in [5.41, 5.74) is -0.632. The molecule has 0 heterocycles. The van der Waals surface area contributed by atoms with Crippen molar-refractivity contribution in [2.75, 3.05) is 5.32 Å². The van der Waals surface area contributed by atoms with E-state index < -0.39 is 32.7 Å². The zero-order chi connectivity index (χ0) is 14.1. The van der Waals surface area contributed by atoms with Crippen molar-refractivity contribution in [3.63, 3.8) is 0 Å². The van der Waals surface area contributed by atoms with Gasteiger partial charge in [-0.15, -0.1) is 0 Å². The molecule has 0 aliphatic heterocycles. The number of halogens is 4. The second-order valence-corrected chi connectivity index (χ2v) is 5.10. The highest BCUT2D eigenvalue weighted by atomic mass is 35.5. The van der Waals surface area contributed by atoms with Gasteiger partial charge in [-0.25, -0.2) is 13.6 Å². The van der Waals surface area contributed by atoms with Crippen molar-refractivity contribution in [2.45, 2.75) is 11.1 Å². The molecule has 0 bridgehead atoms. The molecule has 0 aliphatic carbocycles. The number of nitrogens with one attached hydrogen (secondary N) is 1. The van der Waals surface area contributed by atoms with E-state index >= 15 is 0 Å². The smallest absolute Gasteiger partial charge is 0.317 e. The van der Waals surface area contributed by atoms with E-state index in [1.54, 1.807) is 0 Å². The Bertz CT molecular complexity index is 586. The maximum atomic E-state index is 12.0. The average Bonchev–Trinajstić information content (AvgIpc) is 2.13. The number of hydrogen-bond donors (Lipinski definition) is 2. The summed E-state index contributed by atoms with van der Waals surface area (Å²) in [5.74, 6) is -2.32. The number of amides is 1. The van der Waals surface area contributed by atoms with Crippen molar-refractivity contribution in [1.82, 2.24) is 0 Å². The number of alkyl halides is 3. The molecule has 18 heavy (non-hydrogen) atoms. The van der Waals surface area contributed by atoms with Crippen LogP contribution in [0.2, 0.25) is 5.02 Å². The number of benzene rings is 1. The monoisotopic (exact) mass is 302 g/mol. The zero-order valence-electron chi connectivity index (χ0n) is 8.45. The van der Waals surface area contributed by atoms with Crippen molar-refractivity contribution in [1.29, 1.82) is 0 Å². The summed E-state index contributed by atoms with van der Waals surface area (Å²) in [6, 6.07) is 2.86. The topological polar surface area (TPSA) is 89.3 Å². The van der Waals surface area contributed by atoms with Gasteiger partial charge in [-0.1, -0.05) is 11.6 Å². The molecule has 1 amide bonds. The van der Waals surface area contributed by atoms with Gasteiger partial charge in [0.25, 0.3) is 0 Å². The lowest BCUT2D eigenvalue weighted by Crippen LogP contribution is -2.31. The summed E-state index contributed by atoms with van der Waals surface area (Å²) in [6.07, 6.45) is -5.15. The van der Waals surface area contributed by atoms with Crippen molar-refractivity contribution in [3.05, 3.63) is 23.2 Å². The number of nitrogens with two attached hydrogens (primary N) is 1. The van der Waals surface area contributed by atoms with Crippen LogP contribution in [0.4, 0.5) is 18.9 Å². The van der Waals surface area contributed by atoms with Crippen LogP contribution in [0.5, 0.6) is 0 Å². The van der Waals surface area contributed by atoms with Crippen molar-refractivity contribution >= 4 is 33.2 Å². The average molecular weight is 303 g/mol. The molecule has 0 atom stereocenters. The predicted molar refractivity (Wildman–Crippen MR) is 57.5 cm³/mol. The van der Waals surface area contributed by atoms with Crippen LogP contribution in [0.15, 0.2) is 23.1 Å². The highest BCUT2D eigenvalue weighted by Gasteiger charge is 2.39. The zero-order valence-corrected chi connectivity index (χ0v) is 10.0. The maximum Gasteiger partial charge on any atom is 0.471 e. The molecule has 10 heteroatoms. The van der Waals surface area contributed by atoms with E-state index in [4.69, 9.17) is 16.7 Å².